The van der Waals surface area contributed by atoms with Gasteiger partial charge >= 0.3 is 0 Å². The first-order chi connectivity index (χ1) is 18.6. The summed E-state index contributed by atoms with van der Waals surface area (Å²) in [6, 6.07) is 18.2. The molecule has 1 aromatic heterocycles. The second-order valence-electron chi connectivity index (χ2n) is 9.96. The minimum atomic E-state index is -1.37. The summed E-state index contributed by atoms with van der Waals surface area (Å²) in [7, 11) is 0. The predicted molar refractivity (Wildman–Crippen MR) is 143 cm³/mol. The summed E-state index contributed by atoms with van der Waals surface area (Å²) in [6.45, 7) is 0.779. The number of rotatable bonds is 5. The van der Waals surface area contributed by atoms with Crippen LogP contribution in [-0.4, -0.2) is 109 Å². The molecule has 3 heterocycles. The van der Waals surface area contributed by atoms with Crippen molar-refractivity contribution in [2.45, 2.75) is 74.4 Å². The molecular formula is C28H36O10S. The van der Waals surface area contributed by atoms with Crippen molar-refractivity contribution >= 4 is 21.4 Å². The normalized spacial score (nSPS) is 34.9. The lowest BCUT2D eigenvalue weighted by Gasteiger charge is -2.40. The van der Waals surface area contributed by atoms with Crippen molar-refractivity contribution in [2.75, 3.05) is 13.2 Å². The number of hydrogen-bond donors (Lipinski definition) is 8. The lowest BCUT2D eigenvalue weighted by atomic mass is 9.91. The van der Waals surface area contributed by atoms with E-state index in [1.165, 1.54) is 10.4 Å². The van der Waals surface area contributed by atoms with Crippen LogP contribution >= 0.6 is 11.3 Å². The molecule has 3 aromatic rings. The Hall–Kier alpha value is -2.00. The monoisotopic (exact) mass is 564 g/mol. The van der Waals surface area contributed by atoms with Crippen LogP contribution in [0.25, 0.3) is 10.1 Å². The van der Waals surface area contributed by atoms with Gasteiger partial charge in [-0.25, -0.2) is 0 Å². The van der Waals surface area contributed by atoms with Gasteiger partial charge in [-0.1, -0.05) is 36.4 Å². The SMILES string of the molecule is C[C@@H]1O[C@H](CO)[C@@H](O)[C@H](O)[C@H]1O.OC[C@H]1O[C@@H](c2ccc3sc(Cc4ccccc4)cc3c2)[C@H](O)[C@@H](O)[C@@H]1O. The first-order valence-corrected chi connectivity index (χ1v) is 13.6. The topological polar surface area (TPSA) is 180 Å². The lowest BCUT2D eigenvalue weighted by Crippen LogP contribution is -2.57. The van der Waals surface area contributed by atoms with Crippen molar-refractivity contribution in [3.8, 4) is 0 Å². The number of benzene rings is 2. The summed E-state index contributed by atoms with van der Waals surface area (Å²) < 4.78 is 11.8. The van der Waals surface area contributed by atoms with Gasteiger partial charge in [0.1, 0.15) is 54.9 Å². The minimum Gasteiger partial charge on any atom is -0.394 e. The predicted octanol–water partition coefficient (Wildman–Crippen LogP) is -0.144. The van der Waals surface area contributed by atoms with Crippen molar-refractivity contribution < 1.29 is 50.3 Å². The average Bonchev–Trinajstić information content (AvgIpc) is 3.35. The number of fused-ring (bicyclic) bond motifs is 1. The fraction of sp³-hybridized carbons (Fsp3) is 0.500. The number of aliphatic hydroxyl groups is 8. The van der Waals surface area contributed by atoms with Crippen LogP contribution in [0.1, 0.15) is 29.0 Å². The summed E-state index contributed by atoms with van der Waals surface area (Å²) in [4.78, 5) is 1.24. The molecule has 5 rings (SSSR count). The maximum Gasteiger partial charge on any atom is 0.113 e. The van der Waals surface area contributed by atoms with Crippen LogP contribution in [0.15, 0.2) is 54.6 Å². The van der Waals surface area contributed by atoms with Gasteiger partial charge in [0, 0.05) is 16.0 Å². The number of hydrogen-bond acceptors (Lipinski definition) is 11. The van der Waals surface area contributed by atoms with Gasteiger partial charge in [0.25, 0.3) is 0 Å². The van der Waals surface area contributed by atoms with Crippen molar-refractivity contribution in [3.63, 3.8) is 0 Å². The molecule has 0 bridgehead atoms. The third kappa shape index (κ3) is 6.67. The van der Waals surface area contributed by atoms with E-state index >= 15 is 0 Å². The van der Waals surface area contributed by atoms with Gasteiger partial charge in [-0.05, 0) is 41.6 Å². The molecule has 0 aliphatic carbocycles. The molecule has 2 saturated heterocycles. The van der Waals surface area contributed by atoms with Gasteiger partial charge in [-0.3, -0.25) is 0 Å². The quantitative estimate of drug-likeness (QED) is 0.208. The van der Waals surface area contributed by atoms with Crippen LogP contribution in [-0.2, 0) is 15.9 Å². The van der Waals surface area contributed by atoms with E-state index in [4.69, 9.17) is 14.6 Å². The zero-order valence-corrected chi connectivity index (χ0v) is 22.2. The summed E-state index contributed by atoms with van der Waals surface area (Å²) >= 11 is 1.72. The van der Waals surface area contributed by atoms with E-state index in [9.17, 15) is 35.7 Å². The smallest absolute Gasteiger partial charge is 0.113 e. The molecule has 0 saturated carbocycles. The molecule has 0 radical (unpaired) electrons. The van der Waals surface area contributed by atoms with Crippen LogP contribution < -0.4 is 0 Å². The number of aliphatic hydroxyl groups excluding tert-OH is 8. The molecule has 39 heavy (non-hydrogen) atoms. The highest BCUT2D eigenvalue weighted by Gasteiger charge is 2.44. The van der Waals surface area contributed by atoms with Crippen LogP contribution in [0.5, 0.6) is 0 Å². The maximum absolute atomic E-state index is 10.3. The van der Waals surface area contributed by atoms with E-state index in [2.05, 4.69) is 18.2 Å². The maximum atomic E-state index is 10.3. The van der Waals surface area contributed by atoms with Gasteiger partial charge in [-0.2, -0.15) is 0 Å². The molecule has 0 spiro atoms. The molecule has 0 amide bonds. The number of ether oxygens (including phenoxy) is 2. The summed E-state index contributed by atoms with van der Waals surface area (Å²) in [6.07, 6.45) is -9.76. The third-order valence-corrected chi connectivity index (χ3v) is 8.28. The Morgan fingerprint density at radius 3 is 1.95 bits per heavy atom. The molecule has 10 nitrogen and oxygen atoms in total. The Labute approximate surface area is 229 Å². The van der Waals surface area contributed by atoms with Crippen LogP contribution in [0.4, 0.5) is 0 Å². The molecular weight excluding hydrogens is 528 g/mol. The van der Waals surface area contributed by atoms with Crippen LogP contribution in [0, 0.1) is 0 Å². The molecule has 0 unspecified atom stereocenters. The average molecular weight is 565 g/mol. The molecule has 2 aliphatic rings. The third-order valence-electron chi connectivity index (χ3n) is 7.16. The molecule has 10 atom stereocenters. The summed E-state index contributed by atoms with van der Waals surface area (Å²) in [5.74, 6) is 0. The number of thiophene rings is 1. The van der Waals surface area contributed by atoms with E-state index in [0.717, 1.165) is 16.5 Å². The van der Waals surface area contributed by atoms with Gasteiger partial charge < -0.3 is 50.3 Å². The van der Waals surface area contributed by atoms with Crippen LogP contribution in [0.3, 0.4) is 0 Å². The Morgan fingerprint density at radius 2 is 1.31 bits per heavy atom. The molecule has 2 aromatic carbocycles. The Bertz CT molecular complexity index is 1180. The van der Waals surface area contributed by atoms with Crippen molar-refractivity contribution in [1.82, 2.24) is 0 Å². The highest BCUT2D eigenvalue weighted by atomic mass is 32.1. The first-order valence-electron chi connectivity index (χ1n) is 12.8. The molecule has 8 N–H and O–H groups in total. The van der Waals surface area contributed by atoms with Crippen LogP contribution in [0.2, 0.25) is 0 Å². The summed E-state index contributed by atoms with van der Waals surface area (Å²) in [5.41, 5.74) is 1.96. The lowest BCUT2D eigenvalue weighted by molar-refractivity contribution is -0.231. The zero-order valence-electron chi connectivity index (χ0n) is 21.4. The fourth-order valence-corrected chi connectivity index (χ4v) is 5.92. The molecule has 2 aliphatic heterocycles. The van der Waals surface area contributed by atoms with Gasteiger partial charge in [-0.15, -0.1) is 11.3 Å². The fourth-order valence-electron chi connectivity index (χ4n) is 4.84. The van der Waals surface area contributed by atoms with E-state index < -0.39 is 67.6 Å². The van der Waals surface area contributed by atoms with E-state index in [-0.39, 0.29) is 6.61 Å². The van der Waals surface area contributed by atoms with Crippen molar-refractivity contribution in [3.05, 3.63) is 70.6 Å². The van der Waals surface area contributed by atoms with Gasteiger partial charge in [0.15, 0.2) is 0 Å². The first kappa shape index (κ1) is 30.0. The highest BCUT2D eigenvalue weighted by Crippen LogP contribution is 2.36. The summed E-state index contributed by atoms with van der Waals surface area (Å²) in [5, 5.41) is 77.1. The Kier molecular flexibility index (Phi) is 10.1. The van der Waals surface area contributed by atoms with E-state index in [1.807, 2.05) is 36.4 Å². The van der Waals surface area contributed by atoms with E-state index in [1.54, 1.807) is 18.3 Å². The molecule has 11 heteroatoms. The Balaban J connectivity index is 0.000000247. The van der Waals surface area contributed by atoms with Gasteiger partial charge in [0.2, 0.25) is 0 Å². The highest BCUT2D eigenvalue weighted by molar-refractivity contribution is 7.19. The van der Waals surface area contributed by atoms with Gasteiger partial charge in [0.05, 0.1) is 19.3 Å². The molecule has 214 valence electrons. The standard InChI is InChI=1S/C21H22O5S.C7H14O5/c22-11-16-18(23)19(24)20(25)21(26-16)13-6-7-17-14(9-13)10-15(27-17)8-12-4-2-1-3-5-12;1-3-5(9)7(11)6(10)4(2-8)12-3/h1-7,9-10,16,18-25H,8,11H2;3-11H,2H2,1H3/t16-,18-,19+,20-,21+;3-,4+,5-,6+,7+/m10/s1. The van der Waals surface area contributed by atoms with Crippen molar-refractivity contribution in [2.24, 2.45) is 0 Å². The van der Waals surface area contributed by atoms with Crippen molar-refractivity contribution in [1.29, 1.82) is 0 Å². The largest absolute Gasteiger partial charge is 0.394 e. The Morgan fingerprint density at radius 1 is 0.692 bits per heavy atom. The van der Waals surface area contributed by atoms with E-state index in [0.29, 0.717) is 5.56 Å². The second kappa shape index (κ2) is 13.1. The zero-order chi connectivity index (χ0) is 28.3. The minimum absolute atomic E-state index is 0.366. The molecule has 2 fully saturated rings. The second-order valence-corrected chi connectivity index (χ2v) is 11.1.